The number of rotatable bonds is 17. The van der Waals surface area contributed by atoms with Crippen molar-refractivity contribution in [2.75, 3.05) is 0 Å². The van der Waals surface area contributed by atoms with Crippen molar-refractivity contribution in [1.82, 2.24) is 5.32 Å². The molecule has 0 saturated heterocycles. The van der Waals surface area contributed by atoms with Crippen LogP contribution >= 0.6 is 0 Å². The SMILES string of the molecule is CCCCCCCCCCCCCCCCCC(=O)NC1CC1. The van der Waals surface area contributed by atoms with E-state index in [0.717, 1.165) is 12.8 Å². The van der Waals surface area contributed by atoms with E-state index in [1.165, 1.54) is 103 Å². The average molecular weight is 324 g/mol. The first-order chi connectivity index (χ1) is 11.3. The van der Waals surface area contributed by atoms with Crippen molar-refractivity contribution in [3.63, 3.8) is 0 Å². The largest absolute Gasteiger partial charge is 0.353 e. The molecule has 0 unspecified atom stereocenters. The zero-order valence-electron chi connectivity index (χ0n) is 15.7. The van der Waals surface area contributed by atoms with Gasteiger partial charge in [-0.1, -0.05) is 96.8 Å². The van der Waals surface area contributed by atoms with Crippen molar-refractivity contribution in [1.29, 1.82) is 0 Å². The standard InChI is InChI=1S/C21H41NO/c1-2-3-4-5-6-7-8-9-10-11-12-13-14-15-16-17-21(23)22-20-18-19-20/h20H,2-19H2,1H3,(H,22,23). The van der Waals surface area contributed by atoms with Crippen LogP contribution in [0.3, 0.4) is 0 Å². The van der Waals surface area contributed by atoms with E-state index >= 15 is 0 Å². The van der Waals surface area contributed by atoms with Gasteiger partial charge in [-0.3, -0.25) is 4.79 Å². The van der Waals surface area contributed by atoms with Gasteiger partial charge < -0.3 is 5.32 Å². The molecule has 2 nitrogen and oxygen atoms in total. The summed E-state index contributed by atoms with van der Waals surface area (Å²) in [6.45, 7) is 2.28. The summed E-state index contributed by atoms with van der Waals surface area (Å²) < 4.78 is 0. The lowest BCUT2D eigenvalue weighted by molar-refractivity contribution is -0.121. The second-order valence-corrected chi connectivity index (χ2v) is 7.54. The van der Waals surface area contributed by atoms with Gasteiger partial charge in [-0.2, -0.15) is 0 Å². The molecule has 1 aliphatic rings. The summed E-state index contributed by atoms with van der Waals surface area (Å²) in [7, 11) is 0. The molecule has 0 aromatic carbocycles. The Hall–Kier alpha value is -0.530. The Labute approximate surface area is 145 Å². The van der Waals surface area contributed by atoms with Gasteiger partial charge in [0.25, 0.3) is 0 Å². The van der Waals surface area contributed by atoms with E-state index in [2.05, 4.69) is 12.2 Å². The Morgan fingerprint density at radius 2 is 1.09 bits per heavy atom. The zero-order chi connectivity index (χ0) is 16.6. The third-order valence-corrected chi connectivity index (χ3v) is 4.95. The van der Waals surface area contributed by atoms with Gasteiger partial charge in [0.2, 0.25) is 5.91 Å². The maximum Gasteiger partial charge on any atom is 0.220 e. The predicted octanol–water partition coefficient (Wildman–Crippen LogP) is 6.53. The van der Waals surface area contributed by atoms with Crippen molar-refractivity contribution in [3.8, 4) is 0 Å². The lowest BCUT2D eigenvalue weighted by Gasteiger charge is -2.04. The fourth-order valence-corrected chi connectivity index (χ4v) is 3.18. The van der Waals surface area contributed by atoms with Gasteiger partial charge in [0.1, 0.15) is 0 Å². The molecule has 23 heavy (non-hydrogen) atoms. The minimum absolute atomic E-state index is 0.280. The lowest BCUT2D eigenvalue weighted by Crippen LogP contribution is -2.24. The van der Waals surface area contributed by atoms with E-state index in [1.807, 2.05) is 0 Å². The molecule has 1 rings (SSSR count). The second-order valence-electron chi connectivity index (χ2n) is 7.54. The Bertz CT molecular complexity index is 273. The third kappa shape index (κ3) is 14.8. The van der Waals surface area contributed by atoms with E-state index in [9.17, 15) is 4.79 Å². The topological polar surface area (TPSA) is 29.1 Å². The van der Waals surface area contributed by atoms with Gasteiger partial charge in [0.05, 0.1) is 0 Å². The number of hydrogen-bond donors (Lipinski definition) is 1. The van der Waals surface area contributed by atoms with E-state index in [4.69, 9.17) is 0 Å². The molecule has 0 radical (unpaired) electrons. The molecule has 0 spiro atoms. The highest BCUT2D eigenvalue weighted by Gasteiger charge is 2.22. The molecule has 0 atom stereocenters. The highest BCUT2D eigenvalue weighted by atomic mass is 16.1. The molecule has 1 amide bonds. The van der Waals surface area contributed by atoms with Gasteiger partial charge in [0.15, 0.2) is 0 Å². The highest BCUT2D eigenvalue weighted by Crippen LogP contribution is 2.19. The number of unbranched alkanes of at least 4 members (excludes halogenated alkanes) is 14. The zero-order valence-corrected chi connectivity index (χ0v) is 15.7. The molecule has 0 aliphatic heterocycles. The van der Waals surface area contributed by atoms with Gasteiger partial charge >= 0.3 is 0 Å². The first-order valence-electron chi connectivity index (χ1n) is 10.6. The summed E-state index contributed by atoms with van der Waals surface area (Å²) in [5, 5.41) is 3.06. The quantitative estimate of drug-likeness (QED) is 0.303. The molecule has 1 fully saturated rings. The summed E-state index contributed by atoms with van der Waals surface area (Å²) in [6.07, 6.45) is 23.8. The minimum Gasteiger partial charge on any atom is -0.353 e. The summed E-state index contributed by atoms with van der Waals surface area (Å²) in [5.41, 5.74) is 0. The molecule has 0 bridgehead atoms. The predicted molar refractivity (Wildman–Crippen MR) is 101 cm³/mol. The molecule has 0 aromatic rings. The second kappa shape index (κ2) is 15.0. The van der Waals surface area contributed by atoms with Crippen LogP contribution in [0.1, 0.15) is 122 Å². The smallest absolute Gasteiger partial charge is 0.220 e. The van der Waals surface area contributed by atoms with Gasteiger partial charge in [-0.05, 0) is 19.3 Å². The fraction of sp³-hybridized carbons (Fsp3) is 0.952. The van der Waals surface area contributed by atoms with Crippen molar-refractivity contribution in [2.45, 2.75) is 129 Å². The van der Waals surface area contributed by atoms with Crippen LogP contribution in [0.15, 0.2) is 0 Å². The number of hydrogen-bond acceptors (Lipinski definition) is 1. The van der Waals surface area contributed by atoms with Crippen LogP contribution in [0.25, 0.3) is 0 Å². The molecule has 0 heterocycles. The third-order valence-electron chi connectivity index (χ3n) is 4.95. The van der Waals surface area contributed by atoms with E-state index in [0.29, 0.717) is 6.04 Å². The summed E-state index contributed by atoms with van der Waals surface area (Å²) >= 11 is 0. The Kier molecular flexibility index (Phi) is 13.4. The Morgan fingerprint density at radius 3 is 1.48 bits per heavy atom. The molecule has 2 heteroatoms. The molecule has 1 saturated carbocycles. The number of nitrogens with one attached hydrogen (secondary N) is 1. The molecule has 1 N–H and O–H groups in total. The highest BCUT2D eigenvalue weighted by molar-refractivity contribution is 5.76. The molecule has 136 valence electrons. The Balaban J connectivity index is 1.66. The average Bonchev–Trinajstić information content (AvgIpc) is 3.35. The van der Waals surface area contributed by atoms with E-state index in [-0.39, 0.29) is 5.91 Å². The van der Waals surface area contributed by atoms with E-state index in [1.54, 1.807) is 0 Å². The van der Waals surface area contributed by atoms with Crippen LogP contribution < -0.4 is 5.32 Å². The summed E-state index contributed by atoms with van der Waals surface area (Å²) in [4.78, 5) is 11.5. The van der Waals surface area contributed by atoms with E-state index < -0.39 is 0 Å². The first kappa shape index (κ1) is 20.5. The van der Waals surface area contributed by atoms with Gasteiger partial charge in [-0.15, -0.1) is 0 Å². The van der Waals surface area contributed by atoms with Crippen molar-refractivity contribution < 1.29 is 4.79 Å². The molecular weight excluding hydrogens is 282 g/mol. The number of carbonyl (C=O) groups is 1. The lowest BCUT2D eigenvalue weighted by atomic mass is 10.0. The van der Waals surface area contributed by atoms with Gasteiger partial charge in [-0.25, -0.2) is 0 Å². The number of amides is 1. The first-order valence-corrected chi connectivity index (χ1v) is 10.6. The van der Waals surface area contributed by atoms with Crippen LogP contribution in [-0.2, 0) is 4.79 Å². The fourth-order valence-electron chi connectivity index (χ4n) is 3.18. The normalized spacial score (nSPS) is 14.1. The molecule has 1 aliphatic carbocycles. The summed E-state index contributed by atoms with van der Waals surface area (Å²) in [5.74, 6) is 0.280. The minimum atomic E-state index is 0.280. The summed E-state index contributed by atoms with van der Waals surface area (Å²) in [6, 6.07) is 0.527. The molecular formula is C21H41NO. The van der Waals surface area contributed by atoms with Crippen LogP contribution in [0.4, 0.5) is 0 Å². The number of carbonyl (C=O) groups excluding carboxylic acids is 1. The van der Waals surface area contributed by atoms with Crippen LogP contribution in [0.2, 0.25) is 0 Å². The van der Waals surface area contributed by atoms with Crippen molar-refractivity contribution in [2.24, 2.45) is 0 Å². The van der Waals surface area contributed by atoms with Crippen LogP contribution in [0.5, 0.6) is 0 Å². The maximum absolute atomic E-state index is 11.5. The monoisotopic (exact) mass is 323 g/mol. The maximum atomic E-state index is 11.5. The van der Waals surface area contributed by atoms with Crippen molar-refractivity contribution >= 4 is 5.91 Å². The van der Waals surface area contributed by atoms with Crippen LogP contribution in [-0.4, -0.2) is 11.9 Å². The van der Waals surface area contributed by atoms with Crippen molar-refractivity contribution in [3.05, 3.63) is 0 Å². The Morgan fingerprint density at radius 1 is 0.696 bits per heavy atom. The molecule has 0 aromatic heterocycles. The van der Waals surface area contributed by atoms with Crippen LogP contribution in [0, 0.1) is 0 Å². The van der Waals surface area contributed by atoms with Gasteiger partial charge in [0, 0.05) is 12.5 Å².